The van der Waals surface area contributed by atoms with Gasteiger partial charge in [0.25, 0.3) is 0 Å². The van der Waals surface area contributed by atoms with Crippen molar-refractivity contribution < 1.29 is 9.59 Å². The van der Waals surface area contributed by atoms with E-state index in [-0.39, 0.29) is 40.9 Å². The number of allylic oxidation sites excluding steroid dienone is 2. The third kappa shape index (κ3) is 4.40. The van der Waals surface area contributed by atoms with Crippen molar-refractivity contribution in [2.24, 2.45) is 28.7 Å². The molecule has 8 heteroatoms. The third-order valence-corrected chi connectivity index (χ3v) is 7.36. The number of aliphatic imine (C=N–C) groups is 1. The molecule has 0 radical (unpaired) electrons. The minimum atomic E-state index is -0.124. The van der Waals surface area contributed by atoms with E-state index in [2.05, 4.69) is 53.9 Å². The average Bonchev–Trinajstić information content (AvgIpc) is 3.48. The summed E-state index contributed by atoms with van der Waals surface area (Å²) in [6.07, 6.45) is 6.01. The van der Waals surface area contributed by atoms with Crippen LogP contribution in [0.4, 0.5) is 0 Å². The van der Waals surface area contributed by atoms with Crippen molar-refractivity contribution in [2.45, 2.75) is 46.0 Å². The van der Waals surface area contributed by atoms with Crippen LogP contribution in [0.15, 0.2) is 22.5 Å². The number of guanidine groups is 1. The van der Waals surface area contributed by atoms with Crippen molar-refractivity contribution in [3.8, 4) is 0 Å². The molecule has 1 aromatic heterocycles. The summed E-state index contributed by atoms with van der Waals surface area (Å²) in [6.45, 7) is 10.8. The first-order valence-corrected chi connectivity index (χ1v) is 12.2. The number of carbonyl (C=O) groups is 2. The van der Waals surface area contributed by atoms with Crippen molar-refractivity contribution >= 4 is 29.1 Å². The lowest BCUT2D eigenvalue weighted by atomic mass is 9.85. The number of carbonyl (C=O) groups excluding carboxylic acids is 2. The Labute approximate surface area is 188 Å². The van der Waals surface area contributed by atoms with Crippen LogP contribution in [0.3, 0.4) is 0 Å². The highest BCUT2D eigenvalue weighted by atomic mass is 32.1. The topological polar surface area (TPSA) is 86.7 Å². The highest BCUT2D eigenvalue weighted by molar-refractivity contribution is 7.09. The Morgan fingerprint density at radius 1 is 1.19 bits per heavy atom. The van der Waals surface area contributed by atoms with E-state index < -0.39 is 0 Å². The van der Waals surface area contributed by atoms with Gasteiger partial charge in [-0.05, 0) is 25.2 Å². The van der Waals surface area contributed by atoms with E-state index >= 15 is 0 Å². The number of hydrogen-bond acceptors (Lipinski definition) is 5. The fraction of sp³-hybridized carbons (Fsp3) is 0.652. The van der Waals surface area contributed by atoms with Crippen LogP contribution in [0.2, 0.25) is 0 Å². The van der Waals surface area contributed by atoms with Crippen LogP contribution < -0.4 is 10.6 Å². The molecule has 1 saturated carbocycles. The van der Waals surface area contributed by atoms with Gasteiger partial charge in [-0.3, -0.25) is 19.5 Å². The number of nitrogens with one attached hydrogen (secondary N) is 2. The molecule has 31 heavy (non-hydrogen) atoms. The smallest absolute Gasteiger partial charge is 0.233 e. The molecule has 4 unspecified atom stereocenters. The molecule has 3 aliphatic rings. The molecular weight excluding hydrogens is 410 g/mol. The fourth-order valence-electron chi connectivity index (χ4n) is 4.85. The van der Waals surface area contributed by atoms with E-state index in [1.807, 2.05) is 6.92 Å². The molecule has 1 aromatic rings. The predicted octanol–water partition coefficient (Wildman–Crippen LogP) is 2.35. The lowest BCUT2D eigenvalue weighted by molar-refractivity contribution is -0.140. The Kier molecular flexibility index (Phi) is 6.19. The molecule has 168 valence electrons. The van der Waals surface area contributed by atoms with Gasteiger partial charge in [0.1, 0.15) is 0 Å². The SMILES string of the molecule is CCNC(=NCCc1nc(C(C)(C)C)cs1)NCCN1C(=O)C2C3C=CC(C3)C2C1=O. The van der Waals surface area contributed by atoms with Crippen molar-refractivity contribution in [1.29, 1.82) is 0 Å². The number of imide groups is 1. The van der Waals surface area contributed by atoms with E-state index in [9.17, 15) is 9.59 Å². The Hall–Kier alpha value is -2.22. The molecule has 2 heterocycles. The molecule has 4 rings (SSSR count). The summed E-state index contributed by atoms with van der Waals surface area (Å²) < 4.78 is 0. The summed E-state index contributed by atoms with van der Waals surface area (Å²) in [4.78, 5) is 36.4. The predicted molar refractivity (Wildman–Crippen MR) is 123 cm³/mol. The zero-order chi connectivity index (χ0) is 22.2. The van der Waals surface area contributed by atoms with Crippen LogP contribution in [0.5, 0.6) is 0 Å². The minimum absolute atomic E-state index is 0.00834. The van der Waals surface area contributed by atoms with Crippen molar-refractivity contribution in [3.05, 3.63) is 28.2 Å². The van der Waals surface area contributed by atoms with Gasteiger partial charge in [-0.25, -0.2) is 4.98 Å². The van der Waals surface area contributed by atoms with Gasteiger partial charge in [0.15, 0.2) is 5.96 Å². The Bertz CT molecular complexity index is 870. The van der Waals surface area contributed by atoms with Crippen LogP contribution in [0.1, 0.15) is 44.8 Å². The van der Waals surface area contributed by atoms with E-state index in [4.69, 9.17) is 4.98 Å². The van der Waals surface area contributed by atoms with Gasteiger partial charge in [-0.2, -0.15) is 0 Å². The molecule has 4 atom stereocenters. The standard InChI is InChI=1S/C23H33N5O2S/c1-5-24-22(25-9-8-17-27-16(13-31-17)23(2,3)4)26-10-11-28-20(29)18-14-6-7-15(12-14)19(18)21(28)30/h6-7,13-15,18-19H,5,8-12H2,1-4H3,(H2,24,25,26). The second kappa shape index (κ2) is 8.73. The summed E-state index contributed by atoms with van der Waals surface area (Å²) in [5.74, 6) is 0.987. The Morgan fingerprint density at radius 3 is 2.45 bits per heavy atom. The van der Waals surface area contributed by atoms with Gasteiger partial charge in [0.2, 0.25) is 11.8 Å². The monoisotopic (exact) mass is 443 g/mol. The number of aromatic nitrogens is 1. The maximum Gasteiger partial charge on any atom is 0.233 e. The Balaban J connectivity index is 1.27. The van der Waals surface area contributed by atoms with Crippen LogP contribution >= 0.6 is 11.3 Å². The number of hydrogen-bond donors (Lipinski definition) is 2. The first kappa shape index (κ1) is 22.0. The second-order valence-electron chi connectivity index (χ2n) is 9.64. The van der Waals surface area contributed by atoms with E-state index in [1.54, 1.807) is 11.3 Å². The largest absolute Gasteiger partial charge is 0.357 e. The summed E-state index contributed by atoms with van der Waals surface area (Å²) >= 11 is 1.68. The first-order valence-electron chi connectivity index (χ1n) is 11.3. The molecular formula is C23H33N5O2S. The quantitative estimate of drug-likeness (QED) is 0.292. The van der Waals surface area contributed by atoms with Crippen molar-refractivity contribution in [3.63, 3.8) is 0 Å². The van der Waals surface area contributed by atoms with Gasteiger partial charge >= 0.3 is 0 Å². The van der Waals surface area contributed by atoms with Crippen LogP contribution in [0, 0.1) is 23.7 Å². The number of likely N-dealkylation sites (tertiary alicyclic amines) is 1. The van der Waals surface area contributed by atoms with Gasteiger partial charge in [0.05, 0.1) is 22.5 Å². The average molecular weight is 444 g/mol. The molecule has 2 aliphatic carbocycles. The number of fused-ring (bicyclic) bond motifs is 5. The molecule has 2 N–H and O–H groups in total. The zero-order valence-electron chi connectivity index (χ0n) is 18.9. The summed E-state index contributed by atoms with van der Waals surface area (Å²) in [7, 11) is 0. The summed E-state index contributed by atoms with van der Waals surface area (Å²) in [6, 6.07) is 0. The molecule has 1 aliphatic heterocycles. The van der Waals surface area contributed by atoms with Gasteiger partial charge in [0, 0.05) is 43.4 Å². The molecule has 2 fully saturated rings. The highest BCUT2D eigenvalue weighted by Gasteiger charge is 2.58. The lowest BCUT2D eigenvalue weighted by Crippen LogP contribution is -2.43. The molecule has 7 nitrogen and oxygen atoms in total. The number of thiazole rings is 1. The maximum atomic E-state index is 12.8. The van der Waals surface area contributed by atoms with Crippen LogP contribution in [0.25, 0.3) is 0 Å². The molecule has 2 amide bonds. The van der Waals surface area contributed by atoms with Gasteiger partial charge in [-0.15, -0.1) is 11.3 Å². The van der Waals surface area contributed by atoms with Crippen LogP contribution in [-0.2, 0) is 21.4 Å². The maximum absolute atomic E-state index is 12.8. The van der Waals surface area contributed by atoms with E-state index in [1.165, 1.54) is 4.90 Å². The lowest BCUT2D eigenvalue weighted by Gasteiger charge is -2.18. The van der Waals surface area contributed by atoms with Crippen molar-refractivity contribution in [1.82, 2.24) is 20.5 Å². The fourth-order valence-corrected chi connectivity index (χ4v) is 5.86. The van der Waals surface area contributed by atoms with E-state index in [0.717, 1.165) is 30.1 Å². The Morgan fingerprint density at radius 2 is 1.87 bits per heavy atom. The third-order valence-electron chi connectivity index (χ3n) is 6.45. The van der Waals surface area contributed by atoms with Crippen LogP contribution in [-0.4, -0.2) is 53.8 Å². The highest BCUT2D eigenvalue weighted by Crippen LogP contribution is 2.52. The molecule has 0 spiro atoms. The summed E-state index contributed by atoms with van der Waals surface area (Å²) in [5.41, 5.74) is 1.18. The second-order valence-corrected chi connectivity index (χ2v) is 10.6. The minimum Gasteiger partial charge on any atom is -0.357 e. The normalized spacial score (nSPS) is 27.4. The van der Waals surface area contributed by atoms with Gasteiger partial charge < -0.3 is 10.6 Å². The zero-order valence-corrected chi connectivity index (χ0v) is 19.7. The number of amides is 2. The molecule has 0 aromatic carbocycles. The summed E-state index contributed by atoms with van der Waals surface area (Å²) in [5, 5.41) is 9.72. The van der Waals surface area contributed by atoms with Crippen molar-refractivity contribution in [2.75, 3.05) is 26.2 Å². The van der Waals surface area contributed by atoms with Gasteiger partial charge in [-0.1, -0.05) is 32.9 Å². The molecule has 1 saturated heterocycles. The number of nitrogens with zero attached hydrogens (tertiary/aromatic N) is 3. The van der Waals surface area contributed by atoms with E-state index in [0.29, 0.717) is 25.6 Å². The number of rotatable bonds is 7. The molecule has 2 bridgehead atoms. The first-order chi connectivity index (χ1) is 14.8.